The van der Waals surface area contributed by atoms with Crippen molar-refractivity contribution in [1.29, 1.82) is 0 Å². The van der Waals surface area contributed by atoms with Crippen molar-refractivity contribution in [3.8, 4) is 5.75 Å². The van der Waals surface area contributed by atoms with Crippen molar-refractivity contribution in [2.75, 3.05) is 25.1 Å². The molecule has 1 heterocycles. The minimum atomic E-state index is -1.85. The van der Waals surface area contributed by atoms with Gasteiger partial charge in [-0.05, 0) is 43.7 Å². The monoisotopic (exact) mass is 622 g/mol. The number of hydrogen-bond acceptors (Lipinski definition) is 6. The number of Topliss-reactive ketones (excluding diaryl/α,β-unsaturated/α-hetero) is 1. The van der Waals surface area contributed by atoms with Crippen LogP contribution in [0, 0.1) is 42.0 Å². The molecule has 3 atom stereocenters. The van der Waals surface area contributed by atoms with E-state index in [2.05, 4.69) is 16.0 Å². The third kappa shape index (κ3) is 8.32. The summed E-state index contributed by atoms with van der Waals surface area (Å²) in [6.07, 6.45) is 0.141. The Kier molecular flexibility index (Phi) is 11.4. The number of ketones is 1. The van der Waals surface area contributed by atoms with E-state index in [-0.39, 0.29) is 30.7 Å². The van der Waals surface area contributed by atoms with E-state index in [1.54, 1.807) is 45.0 Å². The predicted octanol–water partition coefficient (Wildman–Crippen LogP) is 2.70. The fourth-order valence-electron chi connectivity index (χ4n) is 4.74. The summed E-state index contributed by atoms with van der Waals surface area (Å²) in [5.41, 5.74) is 1.21. The van der Waals surface area contributed by atoms with Gasteiger partial charge in [-0.3, -0.25) is 24.0 Å². The number of carbonyl (C=O) groups is 5. The van der Waals surface area contributed by atoms with Gasteiger partial charge in [-0.2, -0.15) is 8.78 Å². The number of ether oxygens (including phenoxy) is 1. The van der Waals surface area contributed by atoms with Crippen LogP contribution in [0.3, 0.4) is 0 Å². The van der Waals surface area contributed by atoms with E-state index in [4.69, 9.17) is 4.74 Å². The number of hydrogen-bond donors (Lipinski definition) is 3. The molecular weight excluding hydrogens is 588 g/mol. The molecule has 1 aliphatic rings. The number of para-hydroxylation sites is 1. The first-order chi connectivity index (χ1) is 20.7. The van der Waals surface area contributed by atoms with Crippen LogP contribution < -0.4 is 25.6 Å². The second-order valence-corrected chi connectivity index (χ2v) is 10.9. The molecule has 0 bridgehead atoms. The summed E-state index contributed by atoms with van der Waals surface area (Å²) >= 11 is 0. The van der Waals surface area contributed by atoms with Crippen LogP contribution in [0.15, 0.2) is 30.3 Å². The molecule has 0 aromatic heterocycles. The summed E-state index contributed by atoms with van der Waals surface area (Å²) < 4.78 is 60.1. The molecule has 44 heavy (non-hydrogen) atoms. The normalized spacial score (nSPS) is 15.8. The van der Waals surface area contributed by atoms with Crippen LogP contribution in [0.25, 0.3) is 0 Å². The van der Waals surface area contributed by atoms with Crippen LogP contribution >= 0.6 is 0 Å². The number of amides is 4. The number of aryl methyl sites for hydroxylation is 1. The summed E-state index contributed by atoms with van der Waals surface area (Å²) in [5.74, 6) is -13.8. The second kappa shape index (κ2) is 14.8. The van der Waals surface area contributed by atoms with Crippen molar-refractivity contribution in [3.63, 3.8) is 0 Å². The minimum absolute atomic E-state index is 0.0201. The fourth-order valence-corrected chi connectivity index (χ4v) is 4.74. The molecule has 2 aromatic rings. The summed E-state index contributed by atoms with van der Waals surface area (Å²) in [6, 6.07) is 4.08. The molecule has 1 aliphatic heterocycles. The van der Waals surface area contributed by atoms with Gasteiger partial charge in [0, 0.05) is 31.3 Å². The molecule has 3 rings (SSSR count). The number of nitrogens with zero attached hydrogens (tertiary/aromatic N) is 1. The van der Waals surface area contributed by atoms with Gasteiger partial charge >= 0.3 is 11.8 Å². The molecule has 0 saturated carbocycles. The topological polar surface area (TPSA) is 134 Å². The number of halogens is 4. The number of likely N-dealkylation sites (N-methyl/N-ethyl adjacent to an activating group) is 1. The van der Waals surface area contributed by atoms with Gasteiger partial charge < -0.3 is 25.6 Å². The standard InChI is InChI=1S/C30H34F4N4O6/c1-15(2)11-21(37-29(42)30(43)38(4)22-8-6-5-7-16(22)3)28(41)36-20(12-17-9-10-35-27(17)40)23(39)14-44-26-24(33)18(31)13-19(32)25(26)34/h5-8,13,15,17,20-21H,9-12,14H2,1-4H3,(H,35,40)(H,36,41)(H,37,42)/t17-,20-,21-/m0/s1. The summed E-state index contributed by atoms with van der Waals surface area (Å²) in [4.78, 5) is 65.7. The van der Waals surface area contributed by atoms with Gasteiger partial charge in [0.1, 0.15) is 12.6 Å². The van der Waals surface area contributed by atoms with Gasteiger partial charge in [0.05, 0.1) is 6.04 Å². The zero-order valence-corrected chi connectivity index (χ0v) is 24.6. The average molecular weight is 623 g/mol. The van der Waals surface area contributed by atoms with Crippen molar-refractivity contribution in [1.82, 2.24) is 16.0 Å². The molecule has 0 radical (unpaired) electrons. The zero-order valence-electron chi connectivity index (χ0n) is 24.6. The van der Waals surface area contributed by atoms with Crippen LogP contribution in [0.4, 0.5) is 23.2 Å². The van der Waals surface area contributed by atoms with Gasteiger partial charge in [-0.25, -0.2) is 8.78 Å². The lowest BCUT2D eigenvalue weighted by atomic mass is 9.95. The third-order valence-corrected chi connectivity index (χ3v) is 7.12. The molecule has 1 saturated heterocycles. The second-order valence-electron chi connectivity index (χ2n) is 10.9. The molecule has 238 valence electrons. The number of nitrogens with one attached hydrogen (secondary N) is 3. The Labute approximate surface area is 251 Å². The van der Waals surface area contributed by atoms with E-state index in [1.165, 1.54) is 7.05 Å². The fraction of sp³-hybridized carbons (Fsp3) is 0.433. The largest absolute Gasteiger partial charge is 0.479 e. The van der Waals surface area contributed by atoms with Crippen molar-refractivity contribution < 1.29 is 46.3 Å². The SMILES string of the molecule is Cc1ccccc1N(C)C(=O)C(=O)N[C@@H](CC(C)C)C(=O)N[C@@H](C[C@@H]1CCNC1=O)C(=O)COc1c(F)c(F)cc(F)c1F. The summed E-state index contributed by atoms with van der Waals surface area (Å²) in [7, 11) is 1.40. The van der Waals surface area contributed by atoms with Crippen LogP contribution in [0.2, 0.25) is 0 Å². The summed E-state index contributed by atoms with van der Waals surface area (Å²) in [5, 5.41) is 7.44. The molecule has 3 N–H and O–H groups in total. The van der Waals surface area contributed by atoms with E-state index < -0.39 is 77.1 Å². The highest BCUT2D eigenvalue weighted by Crippen LogP contribution is 2.27. The minimum Gasteiger partial charge on any atom is -0.479 e. The Balaban J connectivity index is 1.79. The maximum atomic E-state index is 14.1. The van der Waals surface area contributed by atoms with Crippen molar-refractivity contribution in [2.24, 2.45) is 11.8 Å². The van der Waals surface area contributed by atoms with E-state index in [9.17, 15) is 41.5 Å². The first-order valence-electron chi connectivity index (χ1n) is 13.9. The number of carbonyl (C=O) groups excluding carboxylic acids is 5. The van der Waals surface area contributed by atoms with Crippen molar-refractivity contribution in [3.05, 3.63) is 59.2 Å². The van der Waals surface area contributed by atoms with Crippen LogP contribution in [-0.4, -0.2) is 61.7 Å². The highest BCUT2D eigenvalue weighted by Gasteiger charge is 2.35. The maximum absolute atomic E-state index is 14.1. The Bertz CT molecular complexity index is 1410. The first-order valence-corrected chi connectivity index (χ1v) is 13.9. The van der Waals surface area contributed by atoms with E-state index in [0.29, 0.717) is 18.7 Å². The lowest BCUT2D eigenvalue weighted by Gasteiger charge is -2.26. The Hall–Kier alpha value is -4.49. The van der Waals surface area contributed by atoms with E-state index in [0.717, 1.165) is 10.5 Å². The molecule has 0 aliphatic carbocycles. The highest BCUT2D eigenvalue weighted by molar-refractivity contribution is 6.40. The lowest BCUT2D eigenvalue weighted by Crippen LogP contribution is -2.55. The number of benzene rings is 2. The van der Waals surface area contributed by atoms with Crippen LogP contribution in [0.5, 0.6) is 5.75 Å². The molecule has 1 fully saturated rings. The zero-order chi connectivity index (χ0) is 32.7. The number of rotatable bonds is 12. The highest BCUT2D eigenvalue weighted by atomic mass is 19.2. The van der Waals surface area contributed by atoms with E-state index in [1.807, 2.05) is 0 Å². The molecule has 0 unspecified atom stereocenters. The Morgan fingerprint density at radius 1 is 1.02 bits per heavy atom. The Morgan fingerprint density at radius 3 is 2.23 bits per heavy atom. The average Bonchev–Trinajstić information content (AvgIpc) is 3.38. The summed E-state index contributed by atoms with van der Waals surface area (Å²) in [6.45, 7) is 4.47. The van der Waals surface area contributed by atoms with Gasteiger partial charge in [0.25, 0.3) is 0 Å². The van der Waals surface area contributed by atoms with E-state index >= 15 is 0 Å². The van der Waals surface area contributed by atoms with Gasteiger partial charge in [0.2, 0.25) is 23.4 Å². The lowest BCUT2D eigenvalue weighted by molar-refractivity contribution is -0.139. The molecule has 0 spiro atoms. The molecular formula is C30H34F4N4O6. The quantitative estimate of drug-likeness (QED) is 0.189. The molecule has 14 heteroatoms. The Morgan fingerprint density at radius 2 is 1.66 bits per heavy atom. The molecule has 2 aromatic carbocycles. The molecule has 10 nitrogen and oxygen atoms in total. The van der Waals surface area contributed by atoms with Gasteiger partial charge in [-0.15, -0.1) is 0 Å². The third-order valence-electron chi connectivity index (χ3n) is 7.12. The van der Waals surface area contributed by atoms with Crippen LogP contribution in [0.1, 0.15) is 38.7 Å². The van der Waals surface area contributed by atoms with Crippen molar-refractivity contribution >= 4 is 35.1 Å². The first kappa shape index (κ1) is 34.0. The van der Waals surface area contributed by atoms with Crippen molar-refractivity contribution in [2.45, 2.75) is 52.1 Å². The molecule has 4 amide bonds. The van der Waals surface area contributed by atoms with Crippen LogP contribution in [-0.2, 0) is 24.0 Å². The maximum Gasteiger partial charge on any atom is 0.316 e. The smallest absolute Gasteiger partial charge is 0.316 e. The van der Waals surface area contributed by atoms with Gasteiger partial charge in [-0.1, -0.05) is 32.0 Å². The predicted molar refractivity (Wildman–Crippen MR) is 150 cm³/mol. The number of anilines is 1. The van der Waals surface area contributed by atoms with Gasteiger partial charge in [0.15, 0.2) is 23.2 Å².